The summed E-state index contributed by atoms with van der Waals surface area (Å²) in [5, 5.41) is 31.1. The van der Waals surface area contributed by atoms with Crippen molar-refractivity contribution in [2.75, 3.05) is 26.9 Å². The molecular weight excluding hydrogens is 434 g/mol. The molecule has 7 heteroatoms. The molecular formula is C27H37NO6. The van der Waals surface area contributed by atoms with Crippen molar-refractivity contribution in [2.45, 2.75) is 52.1 Å². The second-order valence-electron chi connectivity index (χ2n) is 9.25. The number of allylic oxidation sites excluding steroid dienone is 1. The number of hydrogen-bond donors (Lipinski definition) is 3. The summed E-state index contributed by atoms with van der Waals surface area (Å²) in [4.78, 5) is 27.4. The maximum atomic E-state index is 13.1. The van der Waals surface area contributed by atoms with Gasteiger partial charge in [0.05, 0.1) is 31.2 Å². The van der Waals surface area contributed by atoms with Crippen LogP contribution in [0.3, 0.4) is 0 Å². The molecule has 0 spiro atoms. The Balaban J connectivity index is 1.84. The molecule has 0 aromatic heterocycles. The molecule has 2 aliphatic rings. The normalized spacial score (nSPS) is 24.1. The van der Waals surface area contributed by atoms with Crippen LogP contribution in [-0.4, -0.2) is 65.0 Å². The van der Waals surface area contributed by atoms with Crippen molar-refractivity contribution in [1.82, 2.24) is 4.90 Å². The van der Waals surface area contributed by atoms with E-state index in [2.05, 4.69) is 13.0 Å². The zero-order valence-electron chi connectivity index (χ0n) is 20.4. The molecule has 4 atom stereocenters. The fraction of sp³-hybridized carbons (Fsp3) is 0.556. The Hall–Kier alpha value is -2.48. The number of amides is 2. The fourth-order valence-electron chi connectivity index (χ4n) is 5.41. The van der Waals surface area contributed by atoms with Crippen molar-refractivity contribution in [3.05, 3.63) is 46.5 Å². The van der Waals surface area contributed by atoms with Crippen molar-refractivity contribution in [3.8, 4) is 5.75 Å². The van der Waals surface area contributed by atoms with Gasteiger partial charge in [0.1, 0.15) is 5.75 Å². The van der Waals surface area contributed by atoms with Crippen LogP contribution in [0.1, 0.15) is 51.5 Å². The fourth-order valence-corrected chi connectivity index (χ4v) is 5.41. The number of methoxy groups -OCH3 is 1. The largest absolute Gasteiger partial charge is 0.508 e. The minimum absolute atomic E-state index is 0.178. The number of aliphatic hydroxyl groups excluding tert-OH is 2. The topological polar surface area (TPSA) is 107 Å². The quantitative estimate of drug-likeness (QED) is 0.338. The van der Waals surface area contributed by atoms with Crippen molar-refractivity contribution < 1.29 is 29.6 Å². The number of fused-ring (bicyclic) bond motifs is 1. The number of nitrogens with zero attached hydrogens (tertiary/aromatic N) is 1. The van der Waals surface area contributed by atoms with Crippen LogP contribution < -0.4 is 0 Å². The molecule has 1 aliphatic carbocycles. The van der Waals surface area contributed by atoms with E-state index >= 15 is 0 Å². The molecule has 1 aromatic rings. The van der Waals surface area contributed by atoms with Gasteiger partial charge in [0.2, 0.25) is 11.8 Å². The maximum absolute atomic E-state index is 13.1. The zero-order valence-corrected chi connectivity index (χ0v) is 20.4. The molecule has 0 radical (unpaired) electrons. The van der Waals surface area contributed by atoms with Gasteiger partial charge in [-0.25, -0.2) is 0 Å². The van der Waals surface area contributed by atoms with Crippen molar-refractivity contribution >= 4 is 17.9 Å². The Bertz CT molecular complexity index is 935. The Morgan fingerprint density at radius 2 is 1.91 bits per heavy atom. The van der Waals surface area contributed by atoms with Gasteiger partial charge >= 0.3 is 0 Å². The number of imide groups is 1. The lowest BCUT2D eigenvalue weighted by Gasteiger charge is -2.36. The van der Waals surface area contributed by atoms with Gasteiger partial charge in [0.25, 0.3) is 0 Å². The number of phenolic OH excluding ortho intramolecular Hbond substituents is 1. The number of aromatic hydroxyl groups is 1. The molecule has 1 saturated heterocycles. The monoisotopic (exact) mass is 471 g/mol. The lowest BCUT2D eigenvalue weighted by molar-refractivity contribution is -0.140. The van der Waals surface area contributed by atoms with E-state index < -0.39 is 23.9 Å². The number of benzene rings is 1. The summed E-state index contributed by atoms with van der Waals surface area (Å²) in [7, 11) is 1.57. The molecule has 0 bridgehead atoms. The van der Waals surface area contributed by atoms with Gasteiger partial charge in [0, 0.05) is 19.6 Å². The van der Waals surface area contributed by atoms with Gasteiger partial charge in [0.15, 0.2) is 0 Å². The number of carbonyl (C=O) groups is 2. The van der Waals surface area contributed by atoms with Crippen molar-refractivity contribution in [2.24, 2.45) is 17.8 Å². The van der Waals surface area contributed by atoms with Crippen LogP contribution in [0.4, 0.5) is 0 Å². The zero-order chi connectivity index (χ0) is 24.8. The number of hydrogen-bond acceptors (Lipinski definition) is 6. The van der Waals surface area contributed by atoms with E-state index in [0.717, 1.165) is 23.1 Å². The standard InChI is InChI=1S/C27H37NO6/c1-4-12-28-26(32)21-14-19(16-34-3)24(22(15-29)25(21)27(28)33)23(31)11-8-17(5-2)13-18-6-9-20(30)10-7-18/h6-7,9-10,13,21-23,25,29-31H,4-5,8,11-12,14-16H2,1-3H3/b17-13+/t21-,22+,23-,25-/m1/s1. The van der Waals surface area contributed by atoms with Crippen LogP contribution in [0, 0.1) is 17.8 Å². The SMILES string of the molecule is CCCN1C(=O)[C@@H]2[C@@H](CC(COC)=C([C@H](O)CC/C(=C/c3ccc(O)cc3)CC)[C@@H]2CO)C1=O. The first-order valence-electron chi connectivity index (χ1n) is 12.2. The smallest absolute Gasteiger partial charge is 0.233 e. The highest BCUT2D eigenvalue weighted by molar-refractivity contribution is 6.05. The number of aliphatic hydroxyl groups is 2. The summed E-state index contributed by atoms with van der Waals surface area (Å²) in [6, 6.07) is 6.96. The number of likely N-dealkylation sites (tertiary alicyclic amines) is 1. The predicted octanol–water partition coefficient (Wildman–Crippen LogP) is 3.29. The van der Waals surface area contributed by atoms with E-state index in [1.54, 1.807) is 19.2 Å². The lowest BCUT2D eigenvalue weighted by Crippen LogP contribution is -2.39. The van der Waals surface area contributed by atoms with Crippen LogP contribution in [0.5, 0.6) is 5.75 Å². The molecule has 3 N–H and O–H groups in total. The maximum Gasteiger partial charge on any atom is 0.233 e. The number of ether oxygens (including phenoxy) is 1. The van der Waals surface area contributed by atoms with Gasteiger partial charge in [-0.3, -0.25) is 14.5 Å². The first-order chi connectivity index (χ1) is 16.4. The third-order valence-corrected chi connectivity index (χ3v) is 7.05. The van der Waals surface area contributed by atoms with Gasteiger partial charge in [-0.15, -0.1) is 0 Å². The van der Waals surface area contributed by atoms with E-state index in [1.807, 2.05) is 19.1 Å². The predicted molar refractivity (Wildman–Crippen MR) is 130 cm³/mol. The Morgan fingerprint density at radius 1 is 1.21 bits per heavy atom. The molecule has 1 aromatic carbocycles. The number of phenols is 1. The minimum atomic E-state index is -0.846. The van der Waals surface area contributed by atoms with Crippen LogP contribution in [0.25, 0.3) is 6.08 Å². The molecule has 2 amide bonds. The molecule has 1 fully saturated rings. The molecule has 34 heavy (non-hydrogen) atoms. The molecule has 0 unspecified atom stereocenters. The average Bonchev–Trinajstić information content (AvgIpc) is 3.07. The molecule has 0 saturated carbocycles. The average molecular weight is 472 g/mol. The van der Waals surface area contributed by atoms with E-state index in [-0.39, 0.29) is 30.8 Å². The van der Waals surface area contributed by atoms with E-state index in [0.29, 0.717) is 37.8 Å². The summed E-state index contributed by atoms with van der Waals surface area (Å²) in [5.41, 5.74) is 3.60. The van der Waals surface area contributed by atoms with Crippen LogP contribution in [0.2, 0.25) is 0 Å². The number of rotatable bonds is 11. The molecule has 1 heterocycles. The summed E-state index contributed by atoms with van der Waals surface area (Å²) < 4.78 is 5.38. The van der Waals surface area contributed by atoms with Gasteiger partial charge in [-0.1, -0.05) is 37.6 Å². The van der Waals surface area contributed by atoms with Crippen molar-refractivity contribution in [3.63, 3.8) is 0 Å². The highest BCUT2D eigenvalue weighted by Gasteiger charge is 2.54. The second kappa shape index (κ2) is 11.8. The third-order valence-electron chi connectivity index (χ3n) is 7.05. The second-order valence-corrected chi connectivity index (χ2v) is 9.25. The summed E-state index contributed by atoms with van der Waals surface area (Å²) >= 11 is 0. The first kappa shape index (κ1) is 26.1. The number of carbonyl (C=O) groups excluding carboxylic acids is 2. The minimum Gasteiger partial charge on any atom is -0.508 e. The van der Waals surface area contributed by atoms with Crippen LogP contribution in [-0.2, 0) is 14.3 Å². The Labute approximate surface area is 201 Å². The Morgan fingerprint density at radius 3 is 2.50 bits per heavy atom. The van der Waals surface area contributed by atoms with Crippen molar-refractivity contribution in [1.29, 1.82) is 0 Å². The van der Waals surface area contributed by atoms with E-state index in [1.165, 1.54) is 4.90 Å². The van der Waals surface area contributed by atoms with Gasteiger partial charge < -0.3 is 20.1 Å². The van der Waals surface area contributed by atoms with Gasteiger partial charge in [-0.2, -0.15) is 0 Å². The molecule has 3 rings (SSSR count). The van der Waals surface area contributed by atoms with E-state index in [4.69, 9.17) is 4.74 Å². The highest BCUT2D eigenvalue weighted by atomic mass is 16.5. The summed E-state index contributed by atoms with van der Waals surface area (Å²) in [6.07, 6.45) is 4.15. The summed E-state index contributed by atoms with van der Waals surface area (Å²) in [5.74, 6) is -1.93. The first-order valence-corrected chi connectivity index (χ1v) is 12.2. The Kier molecular flexibility index (Phi) is 9.05. The molecule has 1 aliphatic heterocycles. The van der Waals surface area contributed by atoms with E-state index in [9.17, 15) is 24.9 Å². The van der Waals surface area contributed by atoms with Crippen LogP contribution in [0.15, 0.2) is 41.0 Å². The van der Waals surface area contributed by atoms with Gasteiger partial charge in [-0.05, 0) is 60.9 Å². The van der Waals surface area contributed by atoms with Crippen LogP contribution >= 0.6 is 0 Å². The highest BCUT2D eigenvalue weighted by Crippen LogP contribution is 2.46. The lowest BCUT2D eigenvalue weighted by atomic mass is 9.68. The molecule has 186 valence electrons. The molecule has 7 nitrogen and oxygen atoms in total. The summed E-state index contributed by atoms with van der Waals surface area (Å²) in [6.45, 7) is 4.31. The third kappa shape index (κ3) is 5.43.